The lowest BCUT2D eigenvalue weighted by Crippen LogP contribution is -2.18. The van der Waals surface area contributed by atoms with Gasteiger partial charge in [-0.05, 0) is 31.0 Å². The number of anilines is 3. The summed E-state index contributed by atoms with van der Waals surface area (Å²) in [6, 6.07) is 9.96. The molecule has 2 aromatic rings. The number of hydrogen-bond donors (Lipinski definition) is 1. The second-order valence-electron chi connectivity index (χ2n) is 5.32. The molecule has 1 aromatic heterocycles. The second-order valence-corrected chi connectivity index (χ2v) is 5.32. The molecule has 0 aliphatic carbocycles. The van der Waals surface area contributed by atoms with Crippen LogP contribution in [-0.4, -0.2) is 23.0 Å². The molecule has 7 nitrogen and oxygen atoms in total. The smallest absolute Gasteiger partial charge is 0.270 e. The third-order valence-corrected chi connectivity index (χ3v) is 3.79. The number of nitro benzene ring substituents is 1. The van der Waals surface area contributed by atoms with E-state index in [-0.39, 0.29) is 11.3 Å². The van der Waals surface area contributed by atoms with Crippen LogP contribution in [0.15, 0.2) is 36.5 Å². The molecule has 1 aromatic carbocycles. The Bertz CT molecular complexity index is 761. The monoisotopic (exact) mass is 309 g/mol. The van der Waals surface area contributed by atoms with Crippen LogP contribution in [0, 0.1) is 21.4 Å². The number of nitrogens with one attached hydrogen (secondary N) is 1. The van der Waals surface area contributed by atoms with Gasteiger partial charge < -0.3 is 10.2 Å². The van der Waals surface area contributed by atoms with Gasteiger partial charge in [0.05, 0.1) is 28.1 Å². The lowest BCUT2D eigenvalue weighted by atomic mass is 10.1. The molecule has 0 bridgehead atoms. The van der Waals surface area contributed by atoms with Crippen LogP contribution in [0.1, 0.15) is 18.4 Å². The van der Waals surface area contributed by atoms with Crippen molar-refractivity contribution in [2.75, 3.05) is 23.3 Å². The van der Waals surface area contributed by atoms with Crippen molar-refractivity contribution >= 4 is 22.9 Å². The number of nitriles is 1. The van der Waals surface area contributed by atoms with Crippen molar-refractivity contribution in [2.45, 2.75) is 12.8 Å². The Morgan fingerprint density at radius 3 is 2.65 bits per heavy atom. The van der Waals surface area contributed by atoms with Crippen molar-refractivity contribution in [3.05, 3.63) is 52.2 Å². The normalized spacial score (nSPS) is 13.6. The molecule has 0 saturated carbocycles. The van der Waals surface area contributed by atoms with Gasteiger partial charge in [0, 0.05) is 25.2 Å². The molecule has 0 radical (unpaired) electrons. The van der Waals surface area contributed by atoms with Crippen LogP contribution in [0.3, 0.4) is 0 Å². The van der Waals surface area contributed by atoms with Crippen molar-refractivity contribution in [3.63, 3.8) is 0 Å². The lowest BCUT2D eigenvalue weighted by molar-refractivity contribution is -0.384. The van der Waals surface area contributed by atoms with Gasteiger partial charge >= 0.3 is 0 Å². The number of benzene rings is 1. The Labute approximate surface area is 133 Å². The number of aromatic nitrogens is 1. The molecule has 0 atom stereocenters. The van der Waals surface area contributed by atoms with Gasteiger partial charge in [-0.2, -0.15) is 5.26 Å². The third kappa shape index (κ3) is 3.21. The summed E-state index contributed by atoms with van der Waals surface area (Å²) < 4.78 is 0. The summed E-state index contributed by atoms with van der Waals surface area (Å²) in [5.74, 6) is 0.942. The van der Waals surface area contributed by atoms with Crippen LogP contribution in [0.4, 0.5) is 22.9 Å². The molecule has 2 heterocycles. The zero-order chi connectivity index (χ0) is 16.2. The first-order valence-corrected chi connectivity index (χ1v) is 7.34. The van der Waals surface area contributed by atoms with Crippen molar-refractivity contribution < 1.29 is 4.92 Å². The van der Waals surface area contributed by atoms with Crippen molar-refractivity contribution in [1.82, 2.24) is 4.98 Å². The minimum Gasteiger partial charge on any atom is -0.357 e. The molecule has 7 heteroatoms. The maximum atomic E-state index is 10.8. The Morgan fingerprint density at radius 2 is 2.04 bits per heavy atom. The fourth-order valence-corrected chi connectivity index (χ4v) is 2.60. The molecule has 0 unspecified atom stereocenters. The van der Waals surface area contributed by atoms with Gasteiger partial charge in [0.15, 0.2) is 0 Å². The number of rotatable bonds is 4. The average molecular weight is 309 g/mol. The van der Waals surface area contributed by atoms with E-state index in [1.807, 2.05) is 18.2 Å². The predicted octanol–water partition coefficient (Wildman–Crippen LogP) is 3.21. The molecular formula is C16H15N5O2. The number of pyridine rings is 1. The maximum Gasteiger partial charge on any atom is 0.270 e. The SMILES string of the molecule is N#Cc1cc([N+](=O)[O-])ccc1Nc1ccc(N2CCCC2)nc1. The Balaban J connectivity index is 1.79. The summed E-state index contributed by atoms with van der Waals surface area (Å²) in [5, 5.41) is 23.0. The molecular weight excluding hydrogens is 294 g/mol. The molecule has 116 valence electrons. The minimum atomic E-state index is -0.517. The van der Waals surface area contributed by atoms with Crippen LogP contribution in [-0.2, 0) is 0 Å². The van der Waals surface area contributed by atoms with E-state index < -0.39 is 4.92 Å². The second kappa shape index (κ2) is 6.32. The Hall–Kier alpha value is -3.14. The van der Waals surface area contributed by atoms with Crippen LogP contribution < -0.4 is 10.2 Å². The van der Waals surface area contributed by atoms with Crippen LogP contribution in [0.2, 0.25) is 0 Å². The van der Waals surface area contributed by atoms with E-state index >= 15 is 0 Å². The van der Waals surface area contributed by atoms with Crippen molar-refractivity contribution in [1.29, 1.82) is 5.26 Å². The quantitative estimate of drug-likeness (QED) is 0.688. The predicted molar refractivity (Wildman–Crippen MR) is 86.8 cm³/mol. The zero-order valence-corrected chi connectivity index (χ0v) is 12.4. The Morgan fingerprint density at radius 1 is 1.26 bits per heavy atom. The summed E-state index contributed by atoms with van der Waals surface area (Å²) in [5.41, 5.74) is 1.38. The first kappa shape index (κ1) is 14.8. The van der Waals surface area contributed by atoms with E-state index in [0.717, 1.165) is 24.6 Å². The fraction of sp³-hybridized carbons (Fsp3) is 0.250. The zero-order valence-electron chi connectivity index (χ0n) is 12.4. The molecule has 0 spiro atoms. The molecule has 1 aliphatic rings. The highest BCUT2D eigenvalue weighted by Crippen LogP contribution is 2.26. The van der Waals surface area contributed by atoms with E-state index in [9.17, 15) is 10.1 Å². The highest BCUT2D eigenvalue weighted by molar-refractivity contribution is 5.68. The summed E-state index contributed by atoms with van der Waals surface area (Å²) in [6.07, 6.45) is 4.09. The van der Waals surface area contributed by atoms with Gasteiger partial charge in [-0.15, -0.1) is 0 Å². The fourth-order valence-electron chi connectivity index (χ4n) is 2.60. The maximum absolute atomic E-state index is 10.8. The van der Waals surface area contributed by atoms with Gasteiger partial charge in [-0.3, -0.25) is 10.1 Å². The van der Waals surface area contributed by atoms with Crippen molar-refractivity contribution in [2.24, 2.45) is 0 Å². The molecule has 1 saturated heterocycles. The molecule has 1 fully saturated rings. The summed E-state index contributed by atoms with van der Waals surface area (Å²) >= 11 is 0. The summed E-state index contributed by atoms with van der Waals surface area (Å²) in [6.45, 7) is 2.06. The number of nitrogens with zero attached hydrogens (tertiary/aromatic N) is 4. The molecule has 0 amide bonds. The van der Waals surface area contributed by atoms with Gasteiger partial charge in [0.2, 0.25) is 0 Å². The van der Waals surface area contributed by atoms with Crippen LogP contribution in [0.5, 0.6) is 0 Å². The number of nitro groups is 1. The van der Waals surface area contributed by atoms with Crippen LogP contribution >= 0.6 is 0 Å². The molecule has 23 heavy (non-hydrogen) atoms. The topological polar surface area (TPSA) is 95.1 Å². The first-order chi connectivity index (χ1) is 11.2. The average Bonchev–Trinajstić information content (AvgIpc) is 3.10. The minimum absolute atomic E-state index is 0.102. The van der Waals surface area contributed by atoms with Crippen LogP contribution in [0.25, 0.3) is 0 Å². The lowest BCUT2D eigenvalue weighted by Gasteiger charge is -2.16. The van der Waals surface area contributed by atoms with E-state index in [1.165, 1.54) is 31.0 Å². The number of hydrogen-bond acceptors (Lipinski definition) is 6. The van der Waals surface area contributed by atoms with Gasteiger partial charge in [0.1, 0.15) is 11.9 Å². The summed E-state index contributed by atoms with van der Waals surface area (Å²) in [7, 11) is 0. The highest BCUT2D eigenvalue weighted by atomic mass is 16.6. The van der Waals surface area contributed by atoms with E-state index in [4.69, 9.17) is 5.26 Å². The van der Waals surface area contributed by atoms with Gasteiger partial charge in [-0.25, -0.2) is 4.98 Å². The van der Waals surface area contributed by atoms with E-state index in [2.05, 4.69) is 15.2 Å². The van der Waals surface area contributed by atoms with E-state index in [1.54, 1.807) is 6.20 Å². The third-order valence-electron chi connectivity index (χ3n) is 3.79. The van der Waals surface area contributed by atoms with E-state index in [0.29, 0.717) is 5.69 Å². The standard InChI is InChI=1S/C16H15N5O2/c17-10-12-9-14(21(22)23)4-5-15(12)19-13-3-6-16(18-11-13)20-7-1-2-8-20/h3-6,9,11,19H,1-2,7-8H2. The summed E-state index contributed by atoms with van der Waals surface area (Å²) in [4.78, 5) is 16.9. The van der Waals surface area contributed by atoms with Crippen molar-refractivity contribution in [3.8, 4) is 6.07 Å². The molecule has 1 aliphatic heterocycles. The Kier molecular flexibility index (Phi) is 4.06. The molecule has 3 rings (SSSR count). The van der Waals surface area contributed by atoms with Gasteiger partial charge in [-0.1, -0.05) is 0 Å². The largest absolute Gasteiger partial charge is 0.357 e. The first-order valence-electron chi connectivity index (χ1n) is 7.34. The highest BCUT2D eigenvalue weighted by Gasteiger charge is 2.14. The molecule has 1 N–H and O–H groups in total. The number of non-ortho nitro benzene ring substituents is 1. The van der Waals surface area contributed by atoms with Gasteiger partial charge in [0.25, 0.3) is 5.69 Å².